The van der Waals surface area contributed by atoms with Crippen LogP contribution in [0.15, 0.2) is 23.1 Å². The zero-order valence-electron chi connectivity index (χ0n) is 11.4. The minimum atomic E-state index is -3.66. The van der Waals surface area contributed by atoms with Crippen molar-refractivity contribution in [2.24, 2.45) is 5.92 Å². The first-order valence-corrected chi connectivity index (χ1v) is 8.89. The van der Waals surface area contributed by atoms with E-state index in [1.54, 1.807) is 6.07 Å². The molecule has 21 heavy (non-hydrogen) atoms. The van der Waals surface area contributed by atoms with Crippen molar-refractivity contribution in [3.05, 3.63) is 28.2 Å². The molecule has 1 fully saturated rings. The molecule has 0 bridgehead atoms. The van der Waals surface area contributed by atoms with Crippen LogP contribution in [0.5, 0.6) is 0 Å². The number of nitrogens with one attached hydrogen (secondary N) is 2. The first-order valence-electron chi connectivity index (χ1n) is 6.65. The van der Waals surface area contributed by atoms with Crippen LogP contribution >= 0.6 is 35.6 Å². The van der Waals surface area contributed by atoms with Gasteiger partial charge < -0.3 is 5.32 Å². The topological polar surface area (TPSA) is 58.2 Å². The highest BCUT2D eigenvalue weighted by atomic mass is 35.5. The monoisotopic (exact) mass is 372 g/mol. The summed E-state index contributed by atoms with van der Waals surface area (Å²) in [5.74, 6) is 0.521. The molecule has 1 atom stereocenters. The van der Waals surface area contributed by atoms with Crippen molar-refractivity contribution in [1.29, 1.82) is 0 Å². The lowest BCUT2D eigenvalue weighted by molar-refractivity contribution is 0.358. The number of rotatable bonds is 5. The summed E-state index contributed by atoms with van der Waals surface area (Å²) in [6, 6.07) is 4.66. The molecule has 0 radical (unpaired) electrons. The van der Waals surface area contributed by atoms with Gasteiger partial charge >= 0.3 is 0 Å². The molecular formula is C13H19Cl3N2O2S. The minimum absolute atomic E-state index is 0. The van der Waals surface area contributed by atoms with Crippen molar-refractivity contribution >= 4 is 45.6 Å². The van der Waals surface area contributed by atoms with Gasteiger partial charge in [0.05, 0.1) is 10.0 Å². The number of hydrogen-bond donors (Lipinski definition) is 2. The zero-order valence-corrected chi connectivity index (χ0v) is 14.6. The number of halogens is 3. The van der Waals surface area contributed by atoms with Crippen LogP contribution in [0.4, 0.5) is 0 Å². The van der Waals surface area contributed by atoms with E-state index in [4.69, 9.17) is 23.2 Å². The molecule has 0 aromatic heterocycles. The molecule has 1 unspecified atom stereocenters. The fraction of sp³-hybridized carbons (Fsp3) is 0.538. The number of hydrogen-bond acceptors (Lipinski definition) is 3. The third kappa shape index (κ3) is 5.27. The summed E-state index contributed by atoms with van der Waals surface area (Å²) >= 11 is 11.9. The van der Waals surface area contributed by atoms with Gasteiger partial charge in [0.25, 0.3) is 0 Å². The molecule has 1 heterocycles. The van der Waals surface area contributed by atoms with Crippen LogP contribution in [-0.2, 0) is 10.0 Å². The predicted molar refractivity (Wildman–Crippen MR) is 89.1 cm³/mol. The van der Waals surface area contributed by atoms with Crippen molar-refractivity contribution in [3.8, 4) is 0 Å². The Balaban J connectivity index is 0.00000220. The van der Waals surface area contributed by atoms with E-state index < -0.39 is 10.0 Å². The molecule has 0 amide bonds. The minimum Gasteiger partial charge on any atom is -0.316 e. The van der Waals surface area contributed by atoms with E-state index in [2.05, 4.69) is 10.0 Å². The zero-order chi connectivity index (χ0) is 14.6. The van der Waals surface area contributed by atoms with E-state index in [0.29, 0.717) is 12.5 Å². The molecule has 0 aliphatic carbocycles. The molecule has 1 aromatic carbocycles. The largest absolute Gasteiger partial charge is 0.316 e. The molecule has 4 nitrogen and oxygen atoms in total. The van der Waals surface area contributed by atoms with Gasteiger partial charge in [0, 0.05) is 6.54 Å². The van der Waals surface area contributed by atoms with E-state index >= 15 is 0 Å². The molecular weight excluding hydrogens is 355 g/mol. The fourth-order valence-electron chi connectivity index (χ4n) is 2.38. The van der Waals surface area contributed by atoms with Gasteiger partial charge in [-0.3, -0.25) is 0 Å². The second kappa shape index (κ2) is 8.56. The van der Waals surface area contributed by atoms with Gasteiger partial charge in [-0.15, -0.1) is 12.4 Å². The molecule has 0 saturated carbocycles. The molecule has 120 valence electrons. The molecule has 8 heteroatoms. The standard InChI is InChI=1S/C13H18Cl2N2O2S.ClH/c14-11-4-1-5-12(15)13(11)20(18,19)17-8-6-10-3-2-7-16-9-10;/h1,4-5,10,16-17H,2-3,6-9H2;1H. The average Bonchev–Trinajstić information content (AvgIpc) is 2.39. The molecule has 2 N–H and O–H groups in total. The molecule has 1 aromatic rings. The lowest BCUT2D eigenvalue weighted by Gasteiger charge is -2.22. The lowest BCUT2D eigenvalue weighted by atomic mass is 9.96. The number of benzene rings is 1. The third-order valence-electron chi connectivity index (χ3n) is 3.43. The van der Waals surface area contributed by atoms with E-state index in [1.807, 2.05) is 0 Å². The van der Waals surface area contributed by atoms with E-state index in [9.17, 15) is 8.42 Å². The Morgan fingerprint density at radius 3 is 2.52 bits per heavy atom. The van der Waals surface area contributed by atoms with Crippen LogP contribution < -0.4 is 10.0 Å². The maximum atomic E-state index is 12.2. The first-order chi connectivity index (χ1) is 9.50. The maximum Gasteiger partial charge on any atom is 0.243 e. The Morgan fingerprint density at radius 1 is 1.29 bits per heavy atom. The predicted octanol–water partition coefficient (Wildman–Crippen LogP) is 3.08. The van der Waals surface area contributed by atoms with E-state index in [0.717, 1.165) is 32.4 Å². The number of sulfonamides is 1. The SMILES string of the molecule is Cl.O=S(=O)(NCCC1CCCNC1)c1c(Cl)cccc1Cl. The Hall–Kier alpha value is -0.0400. The number of piperidine rings is 1. The molecule has 1 aliphatic rings. The van der Waals surface area contributed by atoms with Crippen LogP contribution in [0.25, 0.3) is 0 Å². The van der Waals surface area contributed by atoms with E-state index in [1.165, 1.54) is 12.1 Å². The summed E-state index contributed by atoms with van der Waals surface area (Å²) in [6.45, 7) is 2.41. The van der Waals surface area contributed by atoms with Crippen LogP contribution in [0, 0.1) is 5.92 Å². The lowest BCUT2D eigenvalue weighted by Crippen LogP contribution is -2.33. The molecule has 0 spiro atoms. The van der Waals surface area contributed by atoms with Crippen LogP contribution in [-0.4, -0.2) is 28.1 Å². The second-order valence-electron chi connectivity index (χ2n) is 4.95. The average molecular weight is 374 g/mol. The summed E-state index contributed by atoms with van der Waals surface area (Å²) in [5.41, 5.74) is 0. The Bertz CT molecular complexity index is 540. The van der Waals surface area contributed by atoms with Crippen molar-refractivity contribution in [2.45, 2.75) is 24.2 Å². The highest BCUT2D eigenvalue weighted by Gasteiger charge is 2.21. The fourth-order valence-corrected chi connectivity index (χ4v) is 4.57. The quantitative estimate of drug-likeness (QED) is 0.834. The van der Waals surface area contributed by atoms with Crippen molar-refractivity contribution in [1.82, 2.24) is 10.0 Å². The van der Waals surface area contributed by atoms with Crippen LogP contribution in [0.2, 0.25) is 10.0 Å². The third-order valence-corrected chi connectivity index (χ3v) is 5.85. The summed E-state index contributed by atoms with van der Waals surface area (Å²) in [4.78, 5) is -0.0369. The van der Waals surface area contributed by atoms with Crippen molar-refractivity contribution < 1.29 is 8.42 Å². The normalized spacial score (nSPS) is 19.0. The Kier molecular flexibility index (Phi) is 7.74. The smallest absolute Gasteiger partial charge is 0.243 e. The van der Waals surface area contributed by atoms with E-state index in [-0.39, 0.29) is 27.3 Å². The van der Waals surface area contributed by atoms with Gasteiger partial charge in [-0.05, 0) is 50.4 Å². The van der Waals surface area contributed by atoms with Crippen LogP contribution in [0.3, 0.4) is 0 Å². The highest BCUT2D eigenvalue weighted by molar-refractivity contribution is 7.89. The second-order valence-corrected chi connectivity index (χ2v) is 7.47. The van der Waals surface area contributed by atoms with Crippen LogP contribution in [0.1, 0.15) is 19.3 Å². The van der Waals surface area contributed by atoms with Gasteiger partial charge in [0.2, 0.25) is 10.0 Å². The summed E-state index contributed by atoms with van der Waals surface area (Å²) < 4.78 is 27.0. The van der Waals surface area contributed by atoms with Gasteiger partial charge in [0.15, 0.2) is 0 Å². The molecule has 2 rings (SSSR count). The highest BCUT2D eigenvalue weighted by Crippen LogP contribution is 2.28. The summed E-state index contributed by atoms with van der Waals surface area (Å²) in [5, 5.41) is 3.60. The van der Waals surface area contributed by atoms with Gasteiger partial charge in [-0.25, -0.2) is 13.1 Å². The Morgan fingerprint density at radius 2 is 1.95 bits per heavy atom. The molecule has 1 aliphatic heterocycles. The van der Waals surface area contributed by atoms with Gasteiger partial charge in [-0.2, -0.15) is 0 Å². The first kappa shape index (κ1) is 19.0. The van der Waals surface area contributed by atoms with Crippen molar-refractivity contribution in [2.75, 3.05) is 19.6 Å². The Labute approximate surface area is 142 Å². The maximum absolute atomic E-state index is 12.2. The van der Waals surface area contributed by atoms with Gasteiger partial charge in [0.1, 0.15) is 4.90 Å². The van der Waals surface area contributed by atoms with Gasteiger partial charge in [-0.1, -0.05) is 29.3 Å². The van der Waals surface area contributed by atoms with Crippen molar-refractivity contribution in [3.63, 3.8) is 0 Å². The summed E-state index contributed by atoms with van der Waals surface area (Å²) in [6.07, 6.45) is 3.10. The summed E-state index contributed by atoms with van der Waals surface area (Å²) in [7, 11) is -3.66. The molecule has 1 saturated heterocycles.